The van der Waals surface area contributed by atoms with E-state index in [2.05, 4.69) is 65.1 Å². The largest absolute Gasteiger partial charge is 0.393 e. The lowest BCUT2D eigenvalue weighted by molar-refractivity contribution is 0.0792. The second kappa shape index (κ2) is 11.7. The highest BCUT2D eigenvalue weighted by Crippen LogP contribution is 2.17. The number of piperidine rings is 1. The molecule has 0 amide bonds. The molecule has 3 rings (SSSR count). The van der Waals surface area contributed by atoms with Gasteiger partial charge in [0.15, 0.2) is 5.96 Å². The van der Waals surface area contributed by atoms with E-state index < -0.39 is 0 Å². The van der Waals surface area contributed by atoms with Gasteiger partial charge < -0.3 is 15.3 Å². The Hall–Kier alpha value is -1.63. The van der Waals surface area contributed by atoms with E-state index in [-0.39, 0.29) is 6.10 Å². The zero-order valence-electron chi connectivity index (χ0n) is 19.2. The first-order chi connectivity index (χ1) is 14.6. The summed E-state index contributed by atoms with van der Waals surface area (Å²) in [7, 11) is 0. The number of aliphatic hydroxyl groups is 1. The highest BCUT2D eigenvalue weighted by Gasteiger charge is 2.28. The van der Waals surface area contributed by atoms with Crippen molar-refractivity contribution in [2.75, 3.05) is 45.8 Å². The van der Waals surface area contributed by atoms with Crippen LogP contribution < -0.4 is 5.32 Å². The molecule has 2 aliphatic heterocycles. The number of benzene rings is 1. The number of likely N-dealkylation sites (tertiary alicyclic amines) is 2. The lowest BCUT2D eigenvalue weighted by atomic mass is 10.1. The highest BCUT2D eigenvalue weighted by molar-refractivity contribution is 5.80. The third-order valence-electron chi connectivity index (χ3n) is 6.52. The third-order valence-corrected chi connectivity index (χ3v) is 6.52. The number of aliphatic hydroxyl groups excluding tert-OH is 1. The van der Waals surface area contributed by atoms with Crippen LogP contribution in [0.15, 0.2) is 29.3 Å². The monoisotopic (exact) mass is 415 g/mol. The van der Waals surface area contributed by atoms with Crippen molar-refractivity contribution in [3.05, 3.63) is 35.4 Å². The summed E-state index contributed by atoms with van der Waals surface area (Å²) in [4.78, 5) is 12.4. The molecule has 1 aromatic rings. The zero-order valence-corrected chi connectivity index (χ0v) is 19.2. The summed E-state index contributed by atoms with van der Waals surface area (Å²) in [5, 5.41) is 13.2. The van der Waals surface area contributed by atoms with Gasteiger partial charge in [0.05, 0.1) is 12.6 Å². The normalized spacial score (nSPS) is 21.6. The Morgan fingerprint density at radius 2 is 1.70 bits per heavy atom. The molecule has 0 saturated carbocycles. The van der Waals surface area contributed by atoms with Gasteiger partial charge in [-0.05, 0) is 50.4 Å². The number of guanidine groups is 1. The second-order valence-electron chi connectivity index (χ2n) is 8.60. The van der Waals surface area contributed by atoms with Gasteiger partial charge in [-0.3, -0.25) is 9.80 Å². The number of nitrogens with one attached hydrogen (secondary N) is 1. The minimum Gasteiger partial charge on any atom is -0.393 e. The van der Waals surface area contributed by atoms with Crippen LogP contribution in [-0.2, 0) is 13.1 Å². The van der Waals surface area contributed by atoms with Crippen LogP contribution in [0.4, 0.5) is 0 Å². The fourth-order valence-electron chi connectivity index (χ4n) is 4.65. The number of nitrogens with zero attached hydrogens (tertiary/aromatic N) is 4. The summed E-state index contributed by atoms with van der Waals surface area (Å²) in [5.41, 5.74) is 2.59. The van der Waals surface area contributed by atoms with E-state index in [1.165, 1.54) is 17.5 Å². The van der Waals surface area contributed by atoms with Crippen LogP contribution >= 0.6 is 0 Å². The molecule has 0 spiro atoms. The van der Waals surface area contributed by atoms with Crippen LogP contribution in [0, 0.1) is 0 Å². The summed E-state index contributed by atoms with van der Waals surface area (Å²) in [6.45, 7) is 15.6. The first kappa shape index (κ1) is 23.0. The van der Waals surface area contributed by atoms with Crippen LogP contribution in [0.25, 0.3) is 0 Å². The van der Waals surface area contributed by atoms with Crippen molar-refractivity contribution in [2.24, 2.45) is 4.99 Å². The number of aliphatic imine (C=N–C) groups is 1. The minimum atomic E-state index is -0.106. The van der Waals surface area contributed by atoms with Crippen molar-refractivity contribution in [3.8, 4) is 0 Å². The molecule has 1 unspecified atom stereocenters. The van der Waals surface area contributed by atoms with Crippen molar-refractivity contribution < 1.29 is 5.11 Å². The molecular weight excluding hydrogens is 374 g/mol. The predicted molar refractivity (Wildman–Crippen MR) is 125 cm³/mol. The summed E-state index contributed by atoms with van der Waals surface area (Å²) in [6, 6.07) is 9.52. The maximum Gasteiger partial charge on any atom is 0.194 e. The SMILES string of the molecule is CCNC(=NCc1ccc(CN2CCC(O)CC2)cc1)N1CCC(N(CC)CC)C1. The molecule has 1 aromatic carbocycles. The van der Waals surface area contributed by atoms with E-state index in [0.29, 0.717) is 12.6 Å². The molecule has 2 N–H and O–H groups in total. The van der Waals surface area contributed by atoms with E-state index in [1.807, 2.05) is 0 Å². The molecule has 0 radical (unpaired) electrons. The van der Waals surface area contributed by atoms with Gasteiger partial charge in [-0.25, -0.2) is 4.99 Å². The molecule has 0 aliphatic carbocycles. The Bertz CT molecular complexity index is 650. The van der Waals surface area contributed by atoms with Gasteiger partial charge in [0.2, 0.25) is 0 Å². The van der Waals surface area contributed by atoms with Gasteiger partial charge in [-0.2, -0.15) is 0 Å². The second-order valence-corrected chi connectivity index (χ2v) is 8.60. The van der Waals surface area contributed by atoms with Crippen molar-refractivity contribution in [2.45, 2.75) is 65.3 Å². The molecule has 30 heavy (non-hydrogen) atoms. The van der Waals surface area contributed by atoms with Crippen LogP contribution in [0.2, 0.25) is 0 Å². The molecule has 1 atom stereocenters. The Morgan fingerprint density at radius 1 is 1.03 bits per heavy atom. The van der Waals surface area contributed by atoms with E-state index in [4.69, 9.17) is 4.99 Å². The van der Waals surface area contributed by atoms with Gasteiger partial charge in [-0.1, -0.05) is 38.1 Å². The molecule has 6 heteroatoms. The standard InChI is InChI=1S/C24H41N5O/c1-4-25-24(29-16-11-22(19-29)28(5-2)6-3)26-17-20-7-9-21(10-8-20)18-27-14-12-23(30)13-15-27/h7-10,22-23,30H,4-6,11-19H2,1-3H3,(H,25,26). The maximum atomic E-state index is 9.67. The van der Waals surface area contributed by atoms with Crippen molar-refractivity contribution >= 4 is 5.96 Å². The summed E-state index contributed by atoms with van der Waals surface area (Å²) < 4.78 is 0. The Morgan fingerprint density at radius 3 is 2.33 bits per heavy atom. The van der Waals surface area contributed by atoms with Crippen LogP contribution in [-0.4, -0.2) is 83.7 Å². The highest BCUT2D eigenvalue weighted by atomic mass is 16.3. The Balaban J connectivity index is 1.54. The van der Waals surface area contributed by atoms with Crippen molar-refractivity contribution in [1.82, 2.24) is 20.0 Å². The fourth-order valence-corrected chi connectivity index (χ4v) is 4.65. The van der Waals surface area contributed by atoms with Gasteiger partial charge in [0.25, 0.3) is 0 Å². The molecule has 0 bridgehead atoms. The average molecular weight is 416 g/mol. The van der Waals surface area contributed by atoms with E-state index in [1.54, 1.807) is 0 Å². The minimum absolute atomic E-state index is 0.106. The maximum absolute atomic E-state index is 9.67. The first-order valence-electron chi connectivity index (χ1n) is 11.9. The first-order valence-corrected chi connectivity index (χ1v) is 11.9. The topological polar surface area (TPSA) is 54.3 Å². The lowest BCUT2D eigenvalue weighted by Gasteiger charge is -2.29. The molecule has 2 fully saturated rings. The number of hydrogen-bond donors (Lipinski definition) is 2. The molecule has 6 nitrogen and oxygen atoms in total. The van der Waals surface area contributed by atoms with E-state index in [9.17, 15) is 5.11 Å². The van der Waals surface area contributed by atoms with Gasteiger partial charge in [0.1, 0.15) is 0 Å². The Labute approximate surface area is 183 Å². The summed E-state index contributed by atoms with van der Waals surface area (Å²) in [6.07, 6.45) is 2.90. The predicted octanol–water partition coefficient (Wildman–Crippen LogP) is 2.52. The summed E-state index contributed by atoms with van der Waals surface area (Å²) >= 11 is 0. The van der Waals surface area contributed by atoms with Crippen LogP contribution in [0.3, 0.4) is 0 Å². The van der Waals surface area contributed by atoms with E-state index >= 15 is 0 Å². The third kappa shape index (κ3) is 6.43. The van der Waals surface area contributed by atoms with Crippen molar-refractivity contribution in [3.63, 3.8) is 0 Å². The van der Waals surface area contributed by atoms with E-state index in [0.717, 1.165) is 71.2 Å². The number of likely N-dealkylation sites (N-methyl/N-ethyl adjacent to an activating group) is 1. The molecular formula is C24H41N5O. The molecule has 0 aromatic heterocycles. The quantitative estimate of drug-likeness (QED) is 0.505. The smallest absolute Gasteiger partial charge is 0.194 e. The molecule has 168 valence electrons. The molecule has 2 heterocycles. The van der Waals surface area contributed by atoms with Crippen LogP contribution in [0.1, 0.15) is 51.2 Å². The van der Waals surface area contributed by atoms with Gasteiger partial charge in [-0.15, -0.1) is 0 Å². The number of rotatable bonds is 8. The summed E-state index contributed by atoms with van der Waals surface area (Å²) in [5.74, 6) is 1.04. The van der Waals surface area contributed by atoms with Gasteiger partial charge in [0, 0.05) is 45.3 Å². The molecule has 2 saturated heterocycles. The Kier molecular flexibility index (Phi) is 8.97. The van der Waals surface area contributed by atoms with Crippen LogP contribution in [0.5, 0.6) is 0 Å². The average Bonchev–Trinajstić information content (AvgIpc) is 3.24. The zero-order chi connectivity index (χ0) is 21.3. The molecule has 2 aliphatic rings. The van der Waals surface area contributed by atoms with Gasteiger partial charge >= 0.3 is 0 Å². The number of hydrogen-bond acceptors (Lipinski definition) is 4. The fraction of sp³-hybridized carbons (Fsp3) is 0.708. The lowest BCUT2D eigenvalue weighted by Crippen LogP contribution is -2.43. The van der Waals surface area contributed by atoms with Crippen molar-refractivity contribution in [1.29, 1.82) is 0 Å².